The first-order chi connectivity index (χ1) is 10.6. The third-order valence-electron chi connectivity index (χ3n) is 4.01. The van der Waals surface area contributed by atoms with Gasteiger partial charge < -0.3 is 10.2 Å². The van der Waals surface area contributed by atoms with E-state index in [-0.39, 0.29) is 11.7 Å². The zero-order valence-corrected chi connectivity index (χ0v) is 12.6. The summed E-state index contributed by atoms with van der Waals surface area (Å²) < 4.78 is 12.9. The highest BCUT2D eigenvalue weighted by molar-refractivity contribution is 6.04. The van der Waals surface area contributed by atoms with Gasteiger partial charge in [-0.2, -0.15) is 0 Å². The largest absolute Gasteiger partial charge is 0.371 e. The number of rotatable bonds is 3. The van der Waals surface area contributed by atoms with Crippen LogP contribution in [0.15, 0.2) is 42.5 Å². The number of hydrogen-bond acceptors (Lipinski definition) is 2. The number of hydrogen-bond donors (Lipinski definition) is 1. The highest BCUT2D eigenvalue weighted by atomic mass is 19.1. The number of halogens is 1. The van der Waals surface area contributed by atoms with Crippen LogP contribution in [0, 0.1) is 12.7 Å². The molecule has 2 aromatic rings. The van der Waals surface area contributed by atoms with E-state index in [0.717, 1.165) is 24.3 Å². The van der Waals surface area contributed by atoms with Gasteiger partial charge in [-0.1, -0.05) is 0 Å². The van der Waals surface area contributed by atoms with Gasteiger partial charge in [0.25, 0.3) is 5.91 Å². The molecule has 0 aromatic heterocycles. The van der Waals surface area contributed by atoms with Gasteiger partial charge in [-0.15, -0.1) is 0 Å². The fourth-order valence-corrected chi connectivity index (χ4v) is 2.85. The second-order valence-electron chi connectivity index (χ2n) is 5.66. The summed E-state index contributed by atoms with van der Waals surface area (Å²) in [6.07, 6.45) is 2.48. The molecule has 22 heavy (non-hydrogen) atoms. The Morgan fingerprint density at radius 3 is 2.41 bits per heavy atom. The molecule has 1 saturated heterocycles. The van der Waals surface area contributed by atoms with Gasteiger partial charge in [0.15, 0.2) is 0 Å². The molecule has 0 saturated carbocycles. The number of carbonyl (C=O) groups is 1. The Labute approximate surface area is 129 Å². The number of aryl methyl sites for hydroxylation is 1. The molecule has 0 atom stereocenters. The molecule has 3 rings (SSSR count). The maximum atomic E-state index is 12.9. The van der Waals surface area contributed by atoms with Crippen LogP contribution >= 0.6 is 0 Å². The molecule has 1 amide bonds. The van der Waals surface area contributed by atoms with Crippen molar-refractivity contribution in [1.82, 2.24) is 0 Å². The lowest BCUT2D eigenvalue weighted by molar-refractivity contribution is 0.102. The van der Waals surface area contributed by atoms with Crippen molar-refractivity contribution in [3.05, 3.63) is 59.4 Å². The van der Waals surface area contributed by atoms with Gasteiger partial charge in [0.05, 0.1) is 0 Å². The van der Waals surface area contributed by atoms with Crippen molar-refractivity contribution in [2.45, 2.75) is 19.8 Å². The quantitative estimate of drug-likeness (QED) is 0.929. The lowest BCUT2D eigenvalue weighted by Gasteiger charge is -2.20. The van der Waals surface area contributed by atoms with Crippen LogP contribution in [0.5, 0.6) is 0 Å². The van der Waals surface area contributed by atoms with Crippen LogP contribution in [-0.2, 0) is 0 Å². The molecule has 0 aliphatic carbocycles. The van der Waals surface area contributed by atoms with E-state index in [1.54, 1.807) is 0 Å². The number of benzene rings is 2. The lowest BCUT2D eigenvalue weighted by Crippen LogP contribution is -2.19. The van der Waals surface area contributed by atoms with Crippen LogP contribution in [0.4, 0.5) is 15.8 Å². The summed E-state index contributed by atoms with van der Waals surface area (Å²) in [5.74, 6) is -0.573. The minimum absolute atomic E-state index is 0.228. The van der Waals surface area contributed by atoms with Gasteiger partial charge in [0.2, 0.25) is 0 Å². The number of anilines is 2. The van der Waals surface area contributed by atoms with Crippen molar-refractivity contribution >= 4 is 17.3 Å². The van der Waals surface area contributed by atoms with Crippen LogP contribution in [-0.4, -0.2) is 19.0 Å². The van der Waals surface area contributed by atoms with E-state index < -0.39 is 0 Å². The Morgan fingerprint density at radius 1 is 1.09 bits per heavy atom. The van der Waals surface area contributed by atoms with Gasteiger partial charge in [-0.05, 0) is 67.8 Å². The molecule has 1 N–H and O–H groups in total. The highest BCUT2D eigenvalue weighted by Gasteiger charge is 2.15. The molecular formula is C18H19FN2O. The van der Waals surface area contributed by atoms with E-state index in [9.17, 15) is 9.18 Å². The summed E-state index contributed by atoms with van der Waals surface area (Å²) in [6.45, 7) is 4.26. The Hall–Kier alpha value is -2.36. The predicted molar refractivity (Wildman–Crippen MR) is 87.0 cm³/mol. The van der Waals surface area contributed by atoms with Crippen LogP contribution in [0.25, 0.3) is 0 Å². The number of amides is 1. The van der Waals surface area contributed by atoms with Crippen LogP contribution in [0.2, 0.25) is 0 Å². The first-order valence-corrected chi connectivity index (χ1v) is 7.56. The molecule has 4 heteroatoms. The Kier molecular flexibility index (Phi) is 4.09. The third kappa shape index (κ3) is 3.11. The first kappa shape index (κ1) is 14.6. The predicted octanol–water partition coefficient (Wildman–Crippen LogP) is 3.99. The molecule has 1 heterocycles. The standard InChI is InChI=1S/C18H19FN2O/c1-13-12-16(8-9-17(13)21-10-2-3-11-21)20-18(22)14-4-6-15(19)7-5-14/h4-9,12H,2-3,10-11H2,1H3,(H,20,22). The van der Waals surface area contributed by atoms with Gasteiger partial charge in [-0.3, -0.25) is 4.79 Å². The molecule has 114 valence electrons. The molecular weight excluding hydrogens is 279 g/mol. The van der Waals surface area contributed by atoms with Crippen molar-refractivity contribution in [3.8, 4) is 0 Å². The topological polar surface area (TPSA) is 32.3 Å². The fourth-order valence-electron chi connectivity index (χ4n) is 2.85. The van der Waals surface area contributed by atoms with Gasteiger partial charge >= 0.3 is 0 Å². The number of carbonyl (C=O) groups excluding carboxylic acids is 1. The average molecular weight is 298 g/mol. The number of nitrogens with one attached hydrogen (secondary N) is 1. The third-order valence-corrected chi connectivity index (χ3v) is 4.01. The van der Waals surface area contributed by atoms with Crippen molar-refractivity contribution in [1.29, 1.82) is 0 Å². The normalized spacial score (nSPS) is 14.2. The van der Waals surface area contributed by atoms with Gasteiger partial charge in [0, 0.05) is 30.0 Å². The first-order valence-electron chi connectivity index (χ1n) is 7.56. The molecule has 1 aliphatic heterocycles. The van der Waals surface area contributed by atoms with Crippen molar-refractivity contribution in [3.63, 3.8) is 0 Å². The van der Waals surface area contributed by atoms with Crippen LogP contribution in [0.3, 0.4) is 0 Å². The maximum absolute atomic E-state index is 12.9. The van der Waals surface area contributed by atoms with Gasteiger partial charge in [-0.25, -0.2) is 4.39 Å². The molecule has 1 aliphatic rings. The van der Waals surface area contributed by atoms with Crippen molar-refractivity contribution in [2.75, 3.05) is 23.3 Å². The molecule has 1 fully saturated rings. The van der Waals surface area contributed by atoms with E-state index in [1.165, 1.54) is 42.8 Å². The molecule has 0 bridgehead atoms. The highest BCUT2D eigenvalue weighted by Crippen LogP contribution is 2.26. The zero-order valence-electron chi connectivity index (χ0n) is 12.6. The molecule has 0 radical (unpaired) electrons. The minimum Gasteiger partial charge on any atom is -0.371 e. The number of nitrogens with zero attached hydrogens (tertiary/aromatic N) is 1. The molecule has 0 spiro atoms. The monoisotopic (exact) mass is 298 g/mol. The van der Waals surface area contributed by atoms with E-state index >= 15 is 0 Å². The van der Waals surface area contributed by atoms with E-state index in [0.29, 0.717) is 5.56 Å². The SMILES string of the molecule is Cc1cc(NC(=O)c2ccc(F)cc2)ccc1N1CCCC1. The molecule has 0 unspecified atom stereocenters. The van der Waals surface area contributed by atoms with E-state index in [2.05, 4.69) is 23.2 Å². The molecule has 3 nitrogen and oxygen atoms in total. The Balaban J connectivity index is 1.73. The van der Waals surface area contributed by atoms with Crippen molar-refractivity contribution in [2.24, 2.45) is 0 Å². The van der Waals surface area contributed by atoms with E-state index in [4.69, 9.17) is 0 Å². The maximum Gasteiger partial charge on any atom is 0.255 e. The van der Waals surface area contributed by atoms with E-state index in [1.807, 2.05) is 12.1 Å². The summed E-state index contributed by atoms with van der Waals surface area (Å²) in [4.78, 5) is 14.5. The summed E-state index contributed by atoms with van der Waals surface area (Å²) >= 11 is 0. The zero-order chi connectivity index (χ0) is 15.5. The summed E-state index contributed by atoms with van der Waals surface area (Å²) in [6, 6.07) is 11.5. The second kappa shape index (κ2) is 6.18. The van der Waals surface area contributed by atoms with Crippen molar-refractivity contribution < 1.29 is 9.18 Å². The summed E-state index contributed by atoms with van der Waals surface area (Å²) in [5.41, 5.74) is 3.59. The van der Waals surface area contributed by atoms with Gasteiger partial charge in [0.1, 0.15) is 5.82 Å². The minimum atomic E-state index is -0.345. The smallest absolute Gasteiger partial charge is 0.255 e. The molecule has 2 aromatic carbocycles. The van der Waals surface area contributed by atoms with Crippen LogP contribution in [0.1, 0.15) is 28.8 Å². The second-order valence-corrected chi connectivity index (χ2v) is 5.66. The fraction of sp³-hybridized carbons (Fsp3) is 0.278. The van der Waals surface area contributed by atoms with Crippen LogP contribution < -0.4 is 10.2 Å². The summed E-state index contributed by atoms with van der Waals surface area (Å²) in [5, 5.41) is 2.86. The average Bonchev–Trinajstić information content (AvgIpc) is 3.02. The Morgan fingerprint density at radius 2 is 1.77 bits per heavy atom. The Bertz CT molecular complexity index is 676. The lowest BCUT2D eigenvalue weighted by atomic mass is 10.1. The summed E-state index contributed by atoms with van der Waals surface area (Å²) in [7, 11) is 0.